The zero-order valence-electron chi connectivity index (χ0n) is 15.3. The van der Waals surface area contributed by atoms with Crippen molar-refractivity contribution in [3.63, 3.8) is 0 Å². The molecule has 2 bridgehead atoms. The summed E-state index contributed by atoms with van der Waals surface area (Å²) < 4.78 is 28.3. The van der Waals surface area contributed by atoms with E-state index in [1.165, 1.54) is 19.3 Å². The van der Waals surface area contributed by atoms with Crippen molar-refractivity contribution >= 4 is 21.6 Å². The van der Waals surface area contributed by atoms with Crippen LogP contribution in [0.1, 0.15) is 51.9 Å². The molecule has 4 rings (SSSR count). The van der Waals surface area contributed by atoms with Gasteiger partial charge in [-0.2, -0.15) is 0 Å². The fourth-order valence-corrected chi connectivity index (χ4v) is 6.23. The summed E-state index contributed by atoms with van der Waals surface area (Å²) in [5.74, 6) is 2.10. The van der Waals surface area contributed by atoms with Gasteiger partial charge >= 0.3 is 0 Å². The molecule has 3 aliphatic rings. The topological polar surface area (TPSA) is 75.3 Å². The van der Waals surface area contributed by atoms with Crippen molar-refractivity contribution in [3.8, 4) is 0 Å². The highest BCUT2D eigenvalue weighted by molar-refractivity contribution is 7.89. The molecule has 0 spiro atoms. The van der Waals surface area contributed by atoms with Crippen LogP contribution in [0.15, 0.2) is 29.2 Å². The smallest absolute Gasteiger partial charge is 0.240 e. The molecule has 0 aliphatic heterocycles. The summed E-state index contributed by atoms with van der Waals surface area (Å²) >= 11 is 0. The van der Waals surface area contributed by atoms with Gasteiger partial charge in [0.2, 0.25) is 15.9 Å². The van der Waals surface area contributed by atoms with E-state index < -0.39 is 10.0 Å². The lowest BCUT2D eigenvalue weighted by atomic mass is 9.84. The number of amides is 1. The second-order valence-electron chi connectivity index (χ2n) is 8.39. The quantitative estimate of drug-likeness (QED) is 0.797. The Morgan fingerprint density at radius 3 is 2.35 bits per heavy atom. The van der Waals surface area contributed by atoms with Crippen LogP contribution in [0.5, 0.6) is 0 Å². The molecule has 3 fully saturated rings. The molecule has 0 saturated heterocycles. The molecule has 0 aromatic heterocycles. The zero-order valence-corrected chi connectivity index (χ0v) is 16.1. The highest BCUT2D eigenvalue weighted by atomic mass is 32.2. The fourth-order valence-electron chi connectivity index (χ4n) is 4.94. The molecule has 6 heteroatoms. The number of carbonyl (C=O) groups is 1. The van der Waals surface area contributed by atoms with E-state index in [1.807, 2.05) is 6.92 Å². The van der Waals surface area contributed by atoms with E-state index in [-0.39, 0.29) is 22.8 Å². The first-order chi connectivity index (χ1) is 12.4. The number of nitrogens with one attached hydrogen (secondary N) is 2. The van der Waals surface area contributed by atoms with Crippen molar-refractivity contribution < 1.29 is 13.2 Å². The van der Waals surface area contributed by atoms with Gasteiger partial charge < -0.3 is 5.32 Å². The predicted molar refractivity (Wildman–Crippen MR) is 101 cm³/mol. The Morgan fingerprint density at radius 2 is 1.81 bits per heavy atom. The van der Waals surface area contributed by atoms with Gasteiger partial charge in [0, 0.05) is 17.6 Å². The van der Waals surface area contributed by atoms with Gasteiger partial charge in [-0.15, -0.1) is 0 Å². The minimum Gasteiger partial charge on any atom is -0.326 e. The van der Waals surface area contributed by atoms with Crippen LogP contribution in [-0.4, -0.2) is 20.4 Å². The van der Waals surface area contributed by atoms with E-state index in [1.54, 1.807) is 24.3 Å². The zero-order chi connectivity index (χ0) is 18.3. The van der Waals surface area contributed by atoms with Gasteiger partial charge in [0.1, 0.15) is 0 Å². The molecule has 2 N–H and O–H groups in total. The molecule has 5 nitrogen and oxygen atoms in total. The van der Waals surface area contributed by atoms with Crippen molar-refractivity contribution in [3.05, 3.63) is 24.3 Å². The molecule has 1 aromatic rings. The molecule has 142 valence electrons. The van der Waals surface area contributed by atoms with Crippen molar-refractivity contribution in [2.75, 3.05) is 5.32 Å². The molecular weight excluding hydrogens is 348 g/mol. The average Bonchev–Trinajstić information content (AvgIpc) is 3.16. The Morgan fingerprint density at radius 1 is 1.08 bits per heavy atom. The number of hydrogen-bond acceptors (Lipinski definition) is 3. The Hall–Kier alpha value is -1.40. The van der Waals surface area contributed by atoms with Gasteiger partial charge in [-0.25, -0.2) is 13.1 Å². The summed E-state index contributed by atoms with van der Waals surface area (Å²) in [7, 11) is -3.53. The first-order valence-corrected chi connectivity index (χ1v) is 11.3. The second-order valence-corrected chi connectivity index (χ2v) is 10.1. The third-order valence-electron chi connectivity index (χ3n) is 6.68. The number of carbonyl (C=O) groups excluding carboxylic acids is 1. The molecule has 4 atom stereocenters. The highest BCUT2D eigenvalue weighted by Gasteiger charge is 2.42. The van der Waals surface area contributed by atoms with Crippen molar-refractivity contribution in [2.24, 2.45) is 23.7 Å². The maximum absolute atomic E-state index is 12.7. The Kier molecular flexibility index (Phi) is 4.82. The van der Waals surface area contributed by atoms with Crippen LogP contribution < -0.4 is 10.0 Å². The third-order valence-corrected chi connectivity index (χ3v) is 8.26. The summed E-state index contributed by atoms with van der Waals surface area (Å²) in [6, 6.07) is 6.47. The lowest BCUT2D eigenvalue weighted by molar-refractivity contribution is -0.122. The SMILES string of the molecule is CC(NS(=O)(=O)c1ccc(NC(=O)C2CCC2)cc1)C1CC2CCC1C2. The largest absolute Gasteiger partial charge is 0.326 e. The van der Waals surface area contributed by atoms with Crippen molar-refractivity contribution in [1.82, 2.24) is 4.72 Å². The molecule has 4 unspecified atom stereocenters. The lowest BCUT2D eigenvalue weighted by Crippen LogP contribution is -2.40. The number of fused-ring (bicyclic) bond motifs is 2. The molecule has 26 heavy (non-hydrogen) atoms. The first-order valence-electron chi connectivity index (χ1n) is 9.85. The molecule has 1 amide bonds. The standard InChI is InChI=1S/C20H28N2O3S/c1-13(19-12-14-5-6-16(19)11-14)22-26(24,25)18-9-7-17(8-10-18)21-20(23)15-3-2-4-15/h7-10,13-16,19,22H,2-6,11-12H2,1H3,(H,21,23). The summed E-state index contributed by atoms with van der Waals surface area (Å²) in [4.78, 5) is 12.2. The summed E-state index contributed by atoms with van der Waals surface area (Å²) in [5, 5.41) is 2.87. The number of anilines is 1. The minimum atomic E-state index is -3.53. The van der Waals surface area contributed by atoms with Crippen LogP contribution >= 0.6 is 0 Å². The monoisotopic (exact) mass is 376 g/mol. The van der Waals surface area contributed by atoms with E-state index in [0.29, 0.717) is 17.5 Å². The van der Waals surface area contributed by atoms with Gasteiger partial charge in [-0.05, 0) is 81.0 Å². The van der Waals surface area contributed by atoms with E-state index in [2.05, 4.69) is 10.0 Å². The van der Waals surface area contributed by atoms with E-state index in [0.717, 1.165) is 31.6 Å². The Bertz CT molecular complexity index is 771. The van der Waals surface area contributed by atoms with Gasteiger partial charge in [0.25, 0.3) is 0 Å². The van der Waals surface area contributed by atoms with Crippen LogP contribution in [0.4, 0.5) is 5.69 Å². The van der Waals surface area contributed by atoms with Crippen LogP contribution in [0.3, 0.4) is 0 Å². The van der Waals surface area contributed by atoms with E-state index in [4.69, 9.17) is 0 Å². The second kappa shape index (κ2) is 6.97. The molecule has 1 aromatic carbocycles. The molecule has 0 radical (unpaired) electrons. The van der Waals surface area contributed by atoms with Gasteiger partial charge in [-0.1, -0.05) is 12.8 Å². The number of hydrogen-bond donors (Lipinski definition) is 2. The van der Waals surface area contributed by atoms with Gasteiger partial charge in [0.15, 0.2) is 0 Å². The Labute approximate surface area is 156 Å². The summed E-state index contributed by atoms with van der Waals surface area (Å²) in [5.41, 5.74) is 0.655. The lowest BCUT2D eigenvalue weighted by Gasteiger charge is -2.28. The maximum Gasteiger partial charge on any atom is 0.240 e. The van der Waals surface area contributed by atoms with Crippen molar-refractivity contribution in [1.29, 1.82) is 0 Å². The summed E-state index contributed by atoms with van der Waals surface area (Å²) in [6.07, 6.45) is 7.99. The highest BCUT2D eigenvalue weighted by Crippen LogP contribution is 2.49. The minimum absolute atomic E-state index is 0.0340. The van der Waals surface area contributed by atoms with Crippen LogP contribution in [0.2, 0.25) is 0 Å². The normalized spacial score (nSPS) is 29.3. The van der Waals surface area contributed by atoms with Crippen LogP contribution in [0, 0.1) is 23.7 Å². The molecule has 3 aliphatic carbocycles. The maximum atomic E-state index is 12.7. The van der Waals surface area contributed by atoms with E-state index >= 15 is 0 Å². The number of rotatable bonds is 6. The third kappa shape index (κ3) is 3.54. The van der Waals surface area contributed by atoms with Crippen LogP contribution in [-0.2, 0) is 14.8 Å². The molecular formula is C20H28N2O3S. The number of benzene rings is 1. The summed E-state index contributed by atoms with van der Waals surface area (Å²) in [6.45, 7) is 2.00. The first kappa shape index (κ1) is 18.0. The molecule has 0 heterocycles. The predicted octanol–water partition coefficient (Wildman–Crippen LogP) is 3.53. The Balaban J connectivity index is 1.38. The van der Waals surface area contributed by atoms with Crippen LogP contribution in [0.25, 0.3) is 0 Å². The average molecular weight is 377 g/mol. The van der Waals surface area contributed by atoms with Gasteiger partial charge in [0.05, 0.1) is 4.90 Å². The molecule has 3 saturated carbocycles. The fraction of sp³-hybridized carbons (Fsp3) is 0.650. The van der Waals surface area contributed by atoms with E-state index in [9.17, 15) is 13.2 Å². The van der Waals surface area contributed by atoms with Gasteiger partial charge in [-0.3, -0.25) is 4.79 Å². The van der Waals surface area contributed by atoms with Crippen molar-refractivity contribution in [2.45, 2.75) is 62.8 Å². The number of sulfonamides is 1.